The van der Waals surface area contributed by atoms with Gasteiger partial charge in [0.15, 0.2) is 23.2 Å². The average molecular weight is 1030 g/mol. The second kappa shape index (κ2) is 24.7. The van der Waals surface area contributed by atoms with E-state index in [0.717, 1.165) is 60.6 Å². The number of carbonyl (C=O) groups excluding carboxylic acids is 2. The molecule has 0 aliphatic heterocycles. The number of aromatic nitrogens is 5. The van der Waals surface area contributed by atoms with Gasteiger partial charge in [-0.3, -0.25) is 23.0 Å². The van der Waals surface area contributed by atoms with Gasteiger partial charge in [-0.1, -0.05) is 50.7 Å². The van der Waals surface area contributed by atoms with Gasteiger partial charge in [0.05, 0.1) is 16.9 Å². The molecule has 3 aromatic carbocycles. The van der Waals surface area contributed by atoms with Crippen LogP contribution in [0, 0.1) is 38.2 Å². The molecular formula is C43H43BBrClF6KN7O6. The van der Waals surface area contributed by atoms with E-state index in [-0.39, 0.29) is 119 Å². The van der Waals surface area contributed by atoms with Crippen molar-refractivity contribution in [3.8, 4) is 11.5 Å². The van der Waals surface area contributed by atoms with Crippen molar-refractivity contribution in [2.24, 2.45) is 0 Å². The maximum atomic E-state index is 14.4. The van der Waals surface area contributed by atoms with Gasteiger partial charge in [0.1, 0.15) is 34.5 Å². The molecule has 0 unspecified atom stereocenters. The van der Waals surface area contributed by atoms with Gasteiger partial charge in [0.25, 0.3) is 5.89 Å². The Bertz CT molecular complexity index is 2700. The van der Waals surface area contributed by atoms with Crippen LogP contribution >= 0.6 is 27.5 Å². The summed E-state index contributed by atoms with van der Waals surface area (Å²) in [6.07, 6.45) is 5.68. The minimum absolute atomic E-state index is 0. The zero-order chi connectivity index (χ0) is 47.2. The summed E-state index contributed by atoms with van der Waals surface area (Å²) in [5.41, 5.74) is 14.8. The summed E-state index contributed by atoms with van der Waals surface area (Å²) in [7, 11) is -2.04. The van der Waals surface area contributed by atoms with Gasteiger partial charge in [0, 0.05) is 26.8 Å². The Morgan fingerprint density at radius 2 is 1.27 bits per heavy atom. The van der Waals surface area contributed by atoms with Crippen LogP contribution in [-0.2, 0) is 11.2 Å². The van der Waals surface area contributed by atoms with E-state index in [2.05, 4.69) is 45.7 Å². The molecule has 0 spiro atoms. The Balaban J connectivity index is 0.000000231. The smallest absolute Gasteiger partial charge is 1.00 e. The third-order valence-electron chi connectivity index (χ3n) is 9.98. The molecule has 3 saturated carbocycles. The predicted octanol–water partition coefficient (Wildman–Crippen LogP) is 5.02. The van der Waals surface area contributed by atoms with Crippen LogP contribution in [-0.4, -0.2) is 55.2 Å². The van der Waals surface area contributed by atoms with E-state index >= 15 is 0 Å². The molecule has 346 valence electrons. The largest absolute Gasteiger partial charge is 1.00 e. The number of hydrogen-bond acceptors (Lipinski definition) is 12. The van der Waals surface area contributed by atoms with E-state index in [4.69, 9.17) is 32.7 Å². The minimum atomic E-state index is -2.04. The van der Waals surface area contributed by atoms with Crippen molar-refractivity contribution < 1.29 is 106 Å². The van der Waals surface area contributed by atoms with E-state index in [9.17, 15) is 36.2 Å². The normalized spacial score (nSPS) is 13.4. The molecule has 3 aliphatic rings. The quantitative estimate of drug-likeness (QED) is 0.0602. The van der Waals surface area contributed by atoms with Crippen LogP contribution in [0.15, 0.2) is 49.9 Å². The van der Waals surface area contributed by atoms with Crippen LogP contribution in [0.3, 0.4) is 0 Å². The van der Waals surface area contributed by atoms with Crippen molar-refractivity contribution in [3.63, 3.8) is 0 Å². The third kappa shape index (κ3) is 15.7. The molecule has 66 heavy (non-hydrogen) atoms. The molecule has 5 N–H and O–H groups in total. The summed E-state index contributed by atoms with van der Waals surface area (Å²) in [6.45, 7) is 7.99. The number of carboxylic acid groups (broad SMARTS) is 1. The number of ketones is 2. The Morgan fingerprint density at radius 3 is 1.71 bits per heavy atom. The molecular weight excluding hydrogens is 990 g/mol. The molecule has 9 rings (SSSR count). The van der Waals surface area contributed by atoms with Crippen molar-refractivity contribution in [1.82, 2.24) is 25.3 Å². The molecule has 0 radical (unpaired) electrons. The van der Waals surface area contributed by atoms with Crippen LogP contribution in [0.5, 0.6) is 0 Å². The van der Waals surface area contributed by atoms with Crippen LogP contribution in [0.1, 0.15) is 119 Å². The first-order chi connectivity index (χ1) is 30.1. The van der Waals surface area contributed by atoms with E-state index in [1.54, 1.807) is 26.0 Å². The Labute approximate surface area is 431 Å². The number of nitrogens with zero attached hydrogens (tertiary/aromatic N) is 5. The van der Waals surface area contributed by atoms with Gasteiger partial charge < -0.3 is 30.3 Å². The number of carboxylic acids is 1. The second-order valence-electron chi connectivity index (χ2n) is 15.4. The molecule has 0 saturated heterocycles. The van der Waals surface area contributed by atoms with Crippen molar-refractivity contribution in [3.05, 3.63) is 109 Å². The first kappa shape index (κ1) is 56.1. The average Bonchev–Trinajstić information content (AvgIpc) is 4.10. The molecule has 3 fully saturated rings. The van der Waals surface area contributed by atoms with Crippen LogP contribution in [0.4, 0.5) is 33.2 Å². The number of pyridine rings is 1. The SMILES string of the molecule is CC(=O)c1cc(Br)cc(F)c1N.CC(=O)c1cc(C2CC2)cc(F)c1N.Cc1noc(-c2c(Cl)nc3c(F)cc(C4CC4)cc3c2C)n1.Cc1noc(CC(=O)O)n1.FB(F)C1CC1.[F-].[K+]. The molecule has 3 heterocycles. The van der Waals surface area contributed by atoms with Gasteiger partial charge in [-0.05, 0) is 125 Å². The molecule has 3 aromatic heterocycles. The number of nitrogens with two attached hydrogens (primary N) is 2. The molecule has 13 nitrogen and oxygen atoms in total. The number of halogens is 8. The number of aliphatic carboxylic acids is 1. The Kier molecular flexibility index (Phi) is 21.0. The number of Topliss-reactive ketones (excluding diaryl/α,β-unsaturated/α-hetero) is 2. The number of anilines is 2. The fourth-order valence-corrected chi connectivity index (χ4v) is 6.85. The third-order valence-corrected chi connectivity index (χ3v) is 10.7. The van der Waals surface area contributed by atoms with Gasteiger partial charge >= 0.3 is 64.6 Å². The van der Waals surface area contributed by atoms with Gasteiger partial charge in [0.2, 0.25) is 5.89 Å². The van der Waals surface area contributed by atoms with E-state index in [0.29, 0.717) is 45.0 Å². The van der Waals surface area contributed by atoms with Crippen molar-refractivity contribution in [2.75, 3.05) is 11.5 Å². The molecule has 6 aromatic rings. The summed E-state index contributed by atoms with van der Waals surface area (Å²) < 4.78 is 73.3. The minimum Gasteiger partial charge on any atom is -1.00 e. The number of benzene rings is 3. The summed E-state index contributed by atoms with van der Waals surface area (Å²) >= 11 is 9.30. The zero-order valence-corrected chi connectivity index (χ0v) is 42.1. The Hall–Kier alpha value is -4.19. The van der Waals surface area contributed by atoms with Crippen molar-refractivity contribution >= 4 is 74.6 Å². The maximum Gasteiger partial charge on any atom is 1.00 e. The fourth-order valence-electron chi connectivity index (χ4n) is 6.11. The number of aryl methyl sites for hydroxylation is 3. The van der Waals surface area contributed by atoms with E-state index in [1.165, 1.54) is 32.0 Å². The van der Waals surface area contributed by atoms with E-state index < -0.39 is 24.9 Å². The molecule has 0 atom stereocenters. The van der Waals surface area contributed by atoms with Crippen LogP contribution in [0.2, 0.25) is 11.0 Å². The van der Waals surface area contributed by atoms with Crippen molar-refractivity contribution in [2.45, 2.75) is 97.2 Å². The fraction of sp³-hybridized carbons (Fsp3) is 0.349. The first-order valence-corrected chi connectivity index (χ1v) is 21.1. The van der Waals surface area contributed by atoms with Gasteiger partial charge in [-0.2, -0.15) is 9.97 Å². The van der Waals surface area contributed by atoms with E-state index in [1.807, 2.05) is 13.0 Å². The van der Waals surface area contributed by atoms with Crippen molar-refractivity contribution in [1.29, 1.82) is 0 Å². The summed E-state index contributed by atoms with van der Waals surface area (Å²) in [4.78, 5) is 44.2. The first-order valence-electron chi connectivity index (χ1n) is 19.9. The topological polar surface area (TPSA) is 214 Å². The molecule has 0 bridgehead atoms. The number of carbonyl (C=O) groups is 3. The van der Waals surface area contributed by atoms with Gasteiger partial charge in [-0.25, -0.2) is 18.2 Å². The molecule has 0 amide bonds. The molecule has 3 aliphatic carbocycles. The summed E-state index contributed by atoms with van der Waals surface area (Å²) in [5.74, 6) is -0.681. The molecule has 23 heteroatoms. The van der Waals surface area contributed by atoms with Crippen LogP contribution < -0.4 is 67.6 Å². The number of nitrogen functional groups attached to an aromatic ring is 2. The number of fused-ring (bicyclic) bond motifs is 1. The summed E-state index contributed by atoms with van der Waals surface area (Å²) in [6, 6.07) is 9.46. The Morgan fingerprint density at radius 1 is 0.773 bits per heavy atom. The standard InChI is InChI=1S/C16H13ClFN3O.C11H12FNO.C8H7BrFNO.C5H6N2O3.C3H5BF2.FH.K/c1-7-11-5-10(9-3-4-9)6-12(18)14(11)20-15(17)13(7)16-19-8(2)21-22-16;1-6(14)9-4-8(7-2-3-7)5-10(12)11(9)13;1-4(12)6-2-5(9)3-7(10)8(6)11;1-3-6-4(10-7-3)2-5(8)9;5-4(6)3-1-2-3;;/h5-6,9H,3-4H2,1-2H3;4-5,7H,2-3,13H2,1H3;2-3H,11H2,1H3;2H2,1H3,(H,8,9);3H,1-2H2;1H;/q;;;;;;+1/p-1. The van der Waals surface area contributed by atoms with Crippen LogP contribution in [0.25, 0.3) is 22.4 Å². The monoisotopic (exact) mass is 1030 g/mol. The maximum absolute atomic E-state index is 14.4. The number of rotatable bonds is 8. The predicted molar refractivity (Wildman–Crippen MR) is 234 cm³/mol. The number of hydrogen-bond donors (Lipinski definition) is 3. The summed E-state index contributed by atoms with van der Waals surface area (Å²) in [5, 5.41) is 16.4. The van der Waals surface area contributed by atoms with Gasteiger partial charge in [-0.15, -0.1) is 0 Å². The zero-order valence-electron chi connectivity index (χ0n) is 36.6. The second-order valence-corrected chi connectivity index (χ2v) is 16.7.